The number of nitrogens with two attached hydrogens (primary N) is 1. The molecule has 106 valence electrons. The second-order valence-corrected chi connectivity index (χ2v) is 7.60. The molecule has 3 rings (SSSR count). The molecular formula is C16H18FNS2. The highest BCUT2D eigenvalue weighted by Crippen LogP contribution is 2.37. The van der Waals surface area contributed by atoms with Crippen molar-refractivity contribution >= 4 is 23.1 Å². The van der Waals surface area contributed by atoms with Crippen LogP contribution < -0.4 is 5.73 Å². The van der Waals surface area contributed by atoms with Crippen molar-refractivity contribution in [3.05, 3.63) is 56.0 Å². The van der Waals surface area contributed by atoms with Gasteiger partial charge in [0.15, 0.2) is 0 Å². The summed E-state index contributed by atoms with van der Waals surface area (Å²) >= 11 is 3.81. The van der Waals surface area contributed by atoms with Crippen LogP contribution in [0.4, 0.5) is 4.39 Å². The van der Waals surface area contributed by atoms with E-state index in [1.54, 1.807) is 12.1 Å². The quantitative estimate of drug-likeness (QED) is 0.893. The van der Waals surface area contributed by atoms with Crippen LogP contribution in [-0.4, -0.2) is 5.75 Å². The molecule has 1 nitrogen and oxygen atoms in total. The van der Waals surface area contributed by atoms with Crippen molar-refractivity contribution in [3.63, 3.8) is 0 Å². The monoisotopic (exact) mass is 307 g/mol. The smallest absolute Gasteiger partial charge is 0.123 e. The van der Waals surface area contributed by atoms with E-state index in [0.717, 1.165) is 28.9 Å². The van der Waals surface area contributed by atoms with Crippen molar-refractivity contribution in [2.24, 2.45) is 5.73 Å². The van der Waals surface area contributed by atoms with Crippen LogP contribution >= 0.6 is 23.1 Å². The maximum atomic E-state index is 13.4. The standard InChI is InChI=1S/C16H18FNS2/c1-9-5-12(17)6-10(2)15(9)16(18)14-7-11-8-19-4-3-13(11)20-14/h5-7,16H,3-4,8,18H2,1-2H3. The van der Waals surface area contributed by atoms with Gasteiger partial charge in [0.25, 0.3) is 0 Å². The fourth-order valence-electron chi connectivity index (χ4n) is 2.88. The molecule has 1 aromatic heterocycles. The Morgan fingerprint density at radius 2 is 1.90 bits per heavy atom. The Balaban J connectivity index is 2.00. The summed E-state index contributed by atoms with van der Waals surface area (Å²) in [7, 11) is 0. The predicted molar refractivity (Wildman–Crippen MR) is 86.1 cm³/mol. The highest BCUT2D eigenvalue weighted by molar-refractivity contribution is 7.98. The molecule has 1 aromatic carbocycles. The molecule has 1 atom stereocenters. The second-order valence-electron chi connectivity index (χ2n) is 5.33. The van der Waals surface area contributed by atoms with E-state index < -0.39 is 0 Å². The fraction of sp³-hybridized carbons (Fsp3) is 0.375. The molecule has 2 aromatic rings. The van der Waals surface area contributed by atoms with Crippen molar-refractivity contribution < 1.29 is 4.39 Å². The maximum Gasteiger partial charge on any atom is 0.123 e. The first-order valence-corrected chi connectivity index (χ1v) is 8.75. The molecule has 2 N–H and O–H groups in total. The summed E-state index contributed by atoms with van der Waals surface area (Å²) in [4.78, 5) is 2.68. The minimum absolute atomic E-state index is 0.142. The number of fused-ring (bicyclic) bond motifs is 1. The lowest BCUT2D eigenvalue weighted by Crippen LogP contribution is -2.13. The molecule has 0 aliphatic carbocycles. The molecule has 0 radical (unpaired) electrons. The van der Waals surface area contributed by atoms with Crippen LogP contribution in [0, 0.1) is 19.7 Å². The van der Waals surface area contributed by atoms with Crippen LogP contribution in [0.3, 0.4) is 0 Å². The van der Waals surface area contributed by atoms with Gasteiger partial charge in [-0.3, -0.25) is 0 Å². The number of thiophene rings is 1. The summed E-state index contributed by atoms with van der Waals surface area (Å²) < 4.78 is 13.4. The molecule has 0 saturated heterocycles. The average Bonchev–Trinajstić information content (AvgIpc) is 2.81. The Kier molecular flexibility index (Phi) is 3.89. The number of halogens is 1. The largest absolute Gasteiger partial charge is 0.320 e. The zero-order chi connectivity index (χ0) is 14.3. The van der Waals surface area contributed by atoms with Crippen molar-refractivity contribution in [2.75, 3.05) is 5.75 Å². The minimum atomic E-state index is -0.183. The van der Waals surface area contributed by atoms with E-state index in [0.29, 0.717) is 0 Å². The number of aryl methyl sites for hydroxylation is 3. The number of hydrogen-bond donors (Lipinski definition) is 1. The van der Waals surface area contributed by atoms with Crippen molar-refractivity contribution in [2.45, 2.75) is 32.1 Å². The van der Waals surface area contributed by atoms with Gasteiger partial charge in [0.1, 0.15) is 5.82 Å². The second kappa shape index (κ2) is 5.51. The molecule has 0 fully saturated rings. The average molecular weight is 307 g/mol. The Morgan fingerprint density at radius 3 is 2.55 bits per heavy atom. The van der Waals surface area contributed by atoms with Gasteiger partial charge >= 0.3 is 0 Å². The normalized spacial score (nSPS) is 16.0. The van der Waals surface area contributed by atoms with E-state index >= 15 is 0 Å². The van der Waals surface area contributed by atoms with E-state index in [-0.39, 0.29) is 11.9 Å². The number of rotatable bonds is 2. The molecule has 0 amide bonds. The van der Waals surface area contributed by atoms with Gasteiger partial charge in [0, 0.05) is 15.5 Å². The van der Waals surface area contributed by atoms with E-state index in [2.05, 4.69) is 6.07 Å². The van der Waals surface area contributed by atoms with Gasteiger partial charge in [0.2, 0.25) is 0 Å². The van der Waals surface area contributed by atoms with Crippen LogP contribution in [0.5, 0.6) is 0 Å². The summed E-state index contributed by atoms with van der Waals surface area (Å²) in [6.07, 6.45) is 1.15. The highest BCUT2D eigenvalue weighted by Gasteiger charge is 2.20. The van der Waals surface area contributed by atoms with Crippen LogP contribution in [-0.2, 0) is 12.2 Å². The lowest BCUT2D eigenvalue weighted by molar-refractivity contribution is 0.623. The third kappa shape index (κ3) is 2.52. The van der Waals surface area contributed by atoms with Crippen LogP contribution in [0.15, 0.2) is 18.2 Å². The van der Waals surface area contributed by atoms with Gasteiger partial charge in [-0.15, -0.1) is 11.3 Å². The molecular weight excluding hydrogens is 289 g/mol. The topological polar surface area (TPSA) is 26.0 Å². The molecule has 2 heterocycles. The van der Waals surface area contributed by atoms with Gasteiger partial charge in [0.05, 0.1) is 6.04 Å². The van der Waals surface area contributed by atoms with Gasteiger partial charge in [-0.1, -0.05) is 0 Å². The van der Waals surface area contributed by atoms with E-state index in [9.17, 15) is 4.39 Å². The fourth-order valence-corrected chi connectivity index (χ4v) is 5.27. The number of benzene rings is 1. The van der Waals surface area contributed by atoms with E-state index in [1.807, 2.05) is 36.9 Å². The summed E-state index contributed by atoms with van der Waals surface area (Å²) in [6, 6.07) is 5.26. The molecule has 4 heteroatoms. The Hall–Kier alpha value is -0.840. The zero-order valence-electron chi connectivity index (χ0n) is 11.7. The van der Waals surface area contributed by atoms with Gasteiger partial charge in [-0.25, -0.2) is 4.39 Å². The van der Waals surface area contributed by atoms with Crippen LogP contribution in [0.1, 0.15) is 38.0 Å². The van der Waals surface area contributed by atoms with Crippen molar-refractivity contribution in [1.82, 2.24) is 0 Å². The first-order chi connectivity index (χ1) is 9.56. The first-order valence-electron chi connectivity index (χ1n) is 6.77. The summed E-state index contributed by atoms with van der Waals surface area (Å²) in [6.45, 7) is 3.88. The maximum absolute atomic E-state index is 13.4. The zero-order valence-corrected chi connectivity index (χ0v) is 13.3. The molecule has 20 heavy (non-hydrogen) atoms. The molecule has 0 saturated carbocycles. The summed E-state index contributed by atoms with van der Waals surface area (Å²) in [5.74, 6) is 2.12. The third-order valence-electron chi connectivity index (χ3n) is 3.82. The van der Waals surface area contributed by atoms with Crippen molar-refractivity contribution in [1.29, 1.82) is 0 Å². The number of thioether (sulfide) groups is 1. The van der Waals surface area contributed by atoms with Crippen LogP contribution in [0.2, 0.25) is 0 Å². The SMILES string of the molecule is Cc1cc(F)cc(C)c1C(N)c1cc2c(s1)CCSC2. The van der Waals surface area contributed by atoms with Gasteiger partial charge in [-0.2, -0.15) is 11.8 Å². The van der Waals surface area contributed by atoms with Gasteiger partial charge in [-0.05, 0) is 66.5 Å². The molecule has 1 unspecified atom stereocenters. The lowest BCUT2D eigenvalue weighted by atomic mass is 9.95. The number of hydrogen-bond acceptors (Lipinski definition) is 3. The summed E-state index contributed by atoms with van der Waals surface area (Å²) in [5, 5.41) is 0. The van der Waals surface area contributed by atoms with E-state index in [4.69, 9.17) is 5.73 Å². The van der Waals surface area contributed by atoms with Gasteiger partial charge < -0.3 is 5.73 Å². The summed E-state index contributed by atoms with van der Waals surface area (Å²) in [5.41, 5.74) is 10.8. The Bertz CT molecular complexity index is 601. The van der Waals surface area contributed by atoms with Crippen molar-refractivity contribution in [3.8, 4) is 0 Å². The minimum Gasteiger partial charge on any atom is -0.320 e. The Labute approximate surface area is 127 Å². The molecule has 0 spiro atoms. The molecule has 0 bridgehead atoms. The molecule has 1 aliphatic heterocycles. The highest BCUT2D eigenvalue weighted by atomic mass is 32.2. The third-order valence-corrected chi connectivity index (χ3v) is 6.15. The first kappa shape index (κ1) is 14.1. The van der Waals surface area contributed by atoms with E-state index in [1.165, 1.54) is 21.1 Å². The lowest BCUT2D eigenvalue weighted by Gasteiger charge is -2.16. The Morgan fingerprint density at radius 1 is 1.20 bits per heavy atom. The van der Waals surface area contributed by atoms with Crippen LogP contribution in [0.25, 0.3) is 0 Å². The molecule has 1 aliphatic rings. The predicted octanol–water partition coefficient (Wildman–Crippen LogP) is 4.34.